The maximum atomic E-state index is 11.2. The number of hydrogen-bond acceptors (Lipinski definition) is 5. The quantitative estimate of drug-likeness (QED) is 0.781. The Bertz CT molecular complexity index is 561. The van der Waals surface area contributed by atoms with Gasteiger partial charge in [-0.2, -0.15) is 0 Å². The number of nitrogens with two attached hydrogens (primary N) is 1. The van der Waals surface area contributed by atoms with E-state index in [0.29, 0.717) is 6.04 Å². The van der Waals surface area contributed by atoms with Gasteiger partial charge in [0.2, 0.25) is 10.0 Å². The fraction of sp³-hybridized carbons (Fsp3) is 0.538. The second-order valence-corrected chi connectivity index (χ2v) is 6.94. The van der Waals surface area contributed by atoms with Crippen LogP contribution in [-0.4, -0.2) is 58.6 Å². The van der Waals surface area contributed by atoms with Crippen molar-refractivity contribution in [2.24, 2.45) is 5.14 Å². The molecule has 7 heteroatoms. The van der Waals surface area contributed by atoms with Crippen molar-refractivity contribution in [3.63, 3.8) is 0 Å². The van der Waals surface area contributed by atoms with Crippen LogP contribution in [0.1, 0.15) is 0 Å². The lowest BCUT2D eigenvalue weighted by Crippen LogP contribution is -2.61. The van der Waals surface area contributed by atoms with E-state index in [1.165, 1.54) is 0 Å². The predicted octanol–water partition coefficient (Wildman–Crippen LogP) is -0.572. The van der Waals surface area contributed by atoms with Crippen molar-refractivity contribution < 1.29 is 8.42 Å². The monoisotopic (exact) mass is 296 g/mol. The summed E-state index contributed by atoms with van der Waals surface area (Å²) in [6.45, 7) is 6.27. The van der Waals surface area contributed by atoms with Gasteiger partial charge in [-0.25, -0.2) is 13.6 Å². The predicted molar refractivity (Wildman–Crippen MR) is 78.3 cm³/mol. The van der Waals surface area contributed by atoms with Crippen LogP contribution < -0.4 is 15.4 Å². The number of nitrogens with one attached hydrogen (secondary N) is 1. The third-order valence-electron chi connectivity index (χ3n) is 4.12. The molecule has 1 aromatic carbocycles. The zero-order valence-electron chi connectivity index (χ0n) is 11.3. The molecule has 2 aliphatic rings. The maximum Gasteiger partial charge on any atom is 0.238 e. The van der Waals surface area contributed by atoms with E-state index >= 15 is 0 Å². The highest BCUT2D eigenvalue weighted by Gasteiger charge is 2.27. The molecular formula is C13H20N4O2S. The normalized spacial score (nSPS) is 21.8. The fourth-order valence-corrected chi connectivity index (χ4v) is 3.24. The average molecular weight is 296 g/mol. The Kier molecular flexibility index (Phi) is 3.68. The van der Waals surface area contributed by atoms with Gasteiger partial charge in [-0.15, -0.1) is 0 Å². The number of primary sulfonamides is 1. The molecule has 0 aromatic heterocycles. The van der Waals surface area contributed by atoms with Crippen molar-refractivity contribution in [3.8, 4) is 0 Å². The number of anilines is 1. The topological polar surface area (TPSA) is 78.7 Å². The standard InChI is InChI=1S/C13H20N4O2S/c14-20(18,19)13-3-1-11(2-4-13)16-5-7-17(8-6-16)12-9-15-10-12/h1-4,12,15H,5-10H2,(H2,14,18,19). The first-order chi connectivity index (χ1) is 9.54. The van der Waals surface area contributed by atoms with Gasteiger partial charge < -0.3 is 10.2 Å². The summed E-state index contributed by atoms with van der Waals surface area (Å²) in [5.41, 5.74) is 1.06. The second-order valence-electron chi connectivity index (χ2n) is 5.37. The van der Waals surface area contributed by atoms with Crippen molar-refractivity contribution in [1.82, 2.24) is 10.2 Å². The van der Waals surface area contributed by atoms with E-state index in [1.807, 2.05) is 12.1 Å². The highest BCUT2D eigenvalue weighted by molar-refractivity contribution is 7.89. The van der Waals surface area contributed by atoms with E-state index < -0.39 is 10.0 Å². The van der Waals surface area contributed by atoms with Crippen molar-refractivity contribution in [2.75, 3.05) is 44.2 Å². The number of sulfonamides is 1. The number of hydrogen-bond donors (Lipinski definition) is 2. The van der Waals surface area contributed by atoms with E-state index in [1.54, 1.807) is 12.1 Å². The summed E-state index contributed by atoms with van der Waals surface area (Å²) >= 11 is 0. The smallest absolute Gasteiger partial charge is 0.238 e. The second kappa shape index (κ2) is 5.33. The zero-order chi connectivity index (χ0) is 14.2. The van der Waals surface area contributed by atoms with Gasteiger partial charge in [0.05, 0.1) is 4.90 Å². The maximum absolute atomic E-state index is 11.2. The fourth-order valence-electron chi connectivity index (χ4n) is 2.72. The lowest BCUT2D eigenvalue weighted by molar-refractivity contribution is 0.138. The molecule has 2 saturated heterocycles. The first-order valence-electron chi connectivity index (χ1n) is 6.86. The number of rotatable bonds is 3. The molecule has 0 bridgehead atoms. The van der Waals surface area contributed by atoms with Crippen LogP contribution in [0, 0.1) is 0 Å². The van der Waals surface area contributed by atoms with Crippen molar-refractivity contribution >= 4 is 15.7 Å². The molecule has 2 heterocycles. The van der Waals surface area contributed by atoms with Crippen LogP contribution >= 0.6 is 0 Å². The minimum atomic E-state index is -3.60. The van der Waals surface area contributed by atoms with Gasteiger partial charge in [-0.1, -0.05) is 0 Å². The van der Waals surface area contributed by atoms with Gasteiger partial charge in [-0.3, -0.25) is 4.90 Å². The van der Waals surface area contributed by atoms with E-state index in [-0.39, 0.29) is 4.90 Å². The molecule has 0 saturated carbocycles. The summed E-state index contributed by atoms with van der Waals surface area (Å²) in [6, 6.07) is 7.52. The summed E-state index contributed by atoms with van der Waals surface area (Å²) in [4.78, 5) is 4.97. The molecular weight excluding hydrogens is 276 g/mol. The average Bonchev–Trinajstić information content (AvgIpc) is 2.37. The number of piperazine rings is 1. The first kappa shape index (κ1) is 13.8. The summed E-state index contributed by atoms with van der Waals surface area (Å²) in [5, 5.41) is 8.40. The Balaban J connectivity index is 1.63. The third-order valence-corrected chi connectivity index (χ3v) is 5.05. The SMILES string of the molecule is NS(=O)(=O)c1ccc(N2CCN(C3CNC3)CC2)cc1. The van der Waals surface area contributed by atoms with Gasteiger partial charge in [-0.05, 0) is 24.3 Å². The minimum absolute atomic E-state index is 0.167. The van der Waals surface area contributed by atoms with Gasteiger partial charge in [0.15, 0.2) is 0 Å². The Labute approximate surface area is 119 Å². The minimum Gasteiger partial charge on any atom is -0.369 e. The van der Waals surface area contributed by atoms with Crippen LogP contribution in [0.3, 0.4) is 0 Å². The molecule has 2 fully saturated rings. The van der Waals surface area contributed by atoms with E-state index in [4.69, 9.17) is 5.14 Å². The highest BCUT2D eigenvalue weighted by Crippen LogP contribution is 2.20. The molecule has 0 aliphatic carbocycles. The summed E-state index contributed by atoms with van der Waals surface area (Å²) in [5.74, 6) is 0. The van der Waals surface area contributed by atoms with Gasteiger partial charge >= 0.3 is 0 Å². The molecule has 3 N–H and O–H groups in total. The molecule has 110 valence electrons. The molecule has 0 amide bonds. The molecule has 0 radical (unpaired) electrons. The van der Waals surface area contributed by atoms with Crippen LogP contribution in [0.25, 0.3) is 0 Å². The van der Waals surface area contributed by atoms with Crippen LogP contribution in [0.5, 0.6) is 0 Å². The van der Waals surface area contributed by atoms with Crippen LogP contribution in [0.4, 0.5) is 5.69 Å². The molecule has 1 aromatic rings. The Morgan fingerprint density at radius 3 is 2.10 bits per heavy atom. The first-order valence-corrected chi connectivity index (χ1v) is 8.41. The lowest BCUT2D eigenvalue weighted by atomic mass is 10.1. The number of benzene rings is 1. The summed E-state index contributed by atoms with van der Waals surface area (Å²) in [7, 11) is -3.60. The van der Waals surface area contributed by atoms with Crippen LogP contribution in [-0.2, 0) is 10.0 Å². The Hall–Kier alpha value is -1.15. The summed E-state index contributed by atoms with van der Waals surface area (Å²) < 4.78 is 22.5. The van der Waals surface area contributed by atoms with Crippen LogP contribution in [0.2, 0.25) is 0 Å². The van der Waals surface area contributed by atoms with Gasteiger partial charge in [0.1, 0.15) is 0 Å². The van der Waals surface area contributed by atoms with Crippen molar-refractivity contribution in [3.05, 3.63) is 24.3 Å². The van der Waals surface area contributed by atoms with E-state index in [2.05, 4.69) is 15.1 Å². The van der Waals surface area contributed by atoms with Gasteiger partial charge in [0, 0.05) is 51.0 Å². The summed E-state index contributed by atoms with van der Waals surface area (Å²) in [6.07, 6.45) is 0. The largest absolute Gasteiger partial charge is 0.369 e. The van der Waals surface area contributed by atoms with Gasteiger partial charge in [0.25, 0.3) is 0 Å². The molecule has 6 nitrogen and oxygen atoms in total. The molecule has 3 rings (SSSR count). The zero-order valence-corrected chi connectivity index (χ0v) is 12.1. The Morgan fingerprint density at radius 2 is 1.65 bits per heavy atom. The lowest BCUT2D eigenvalue weighted by Gasteiger charge is -2.43. The Morgan fingerprint density at radius 1 is 1.05 bits per heavy atom. The van der Waals surface area contributed by atoms with Crippen LogP contribution in [0.15, 0.2) is 29.2 Å². The van der Waals surface area contributed by atoms with E-state index in [9.17, 15) is 8.42 Å². The molecule has 2 aliphatic heterocycles. The molecule has 20 heavy (non-hydrogen) atoms. The third kappa shape index (κ3) is 2.80. The van der Waals surface area contributed by atoms with E-state index in [0.717, 1.165) is 45.0 Å². The highest BCUT2D eigenvalue weighted by atomic mass is 32.2. The van der Waals surface area contributed by atoms with Crippen molar-refractivity contribution in [2.45, 2.75) is 10.9 Å². The molecule has 0 atom stereocenters. The van der Waals surface area contributed by atoms with Crippen molar-refractivity contribution in [1.29, 1.82) is 0 Å². The molecule has 0 spiro atoms. The number of nitrogens with zero attached hydrogens (tertiary/aromatic N) is 2. The molecule has 0 unspecified atom stereocenters.